The molecule has 1 heterocycles. The van der Waals surface area contributed by atoms with Crippen LogP contribution >= 0.6 is 39.1 Å². The van der Waals surface area contributed by atoms with Gasteiger partial charge in [0.15, 0.2) is 0 Å². The van der Waals surface area contributed by atoms with E-state index >= 15 is 0 Å². The first-order valence-electron chi connectivity index (χ1n) is 4.98. The molecule has 8 heteroatoms. The van der Waals surface area contributed by atoms with Crippen molar-refractivity contribution >= 4 is 55.0 Å². The van der Waals surface area contributed by atoms with Crippen LogP contribution in [-0.4, -0.2) is 13.4 Å². The van der Waals surface area contributed by atoms with Crippen molar-refractivity contribution in [1.82, 2.24) is 4.98 Å². The molecule has 0 saturated carbocycles. The molecular formula is C11H7BrCl2N2O2S. The molecule has 0 radical (unpaired) electrons. The van der Waals surface area contributed by atoms with Crippen molar-refractivity contribution in [1.29, 1.82) is 0 Å². The summed E-state index contributed by atoms with van der Waals surface area (Å²) in [6.07, 6.45) is 1.48. The summed E-state index contributed by atoms with van der Waals surface area (Å²) in [5, 5.41) is 0.466. The lowest BCUT2D eigenvalue weighted by molar-refractivity contribution is 0.601. The van der Waals surface area contributed by atoms with Crippen LogP contribution in [0.1, 0.15) is 0 Å². The topological polar surface area (TPSA) is 59.1 Å². The molecule has 0 aliphatic rings. The third-order valence-electron chi connectivity index (χ3n) is 2.16. The van der Waals surface area contributed by atoms with Gasteiger partial charge in [0.25, 0.3) is 10.0 Å². The number of hydrogen-bond acceptors (Lipinski definition) is 3. The van der Waals surface area contributed by atoms with Gasteiger partial charge in [0.05, 0.1) is 14.9 Å². The Morgan fingerprint density at radius 2 is 1.84 bits per heavy atom. The Bertz CT molecular complexity index is 722. The number of pyridine rings is 1. The van der Waals surface area contributed by atoms with E-state index in [-0.39, 0.29) is 15.7 Å². The first kappa shape index (κ1) is 14.6. The summed E-state index contributed by atoms with van der Waals surface area (Å²) in [7, 11) is -3.75. The Labute approximate surface area is 128 Å². The van der Waals surface area contributed by atoms with E-state index in [1.807, 2.05) is 0 Å². The Kier molecular flexibility index (Phi) is 4.35. The predicted molar refractivity (Wildman–Crippen MR) is 79.2 cm³/mol. The van der Waals surface area contributed by atoms with Crippen LogP contribution in [-0.2, 0) is 10.0 Å². The fourth-order valence-corrected chi connectivity index (χ4v) is 3.02. The number of aromatic nitrogens is 1. The number of hydrogen-bond donors (Lipinski definition) is 1. The fourth-order valence-electron chi connectivity index (χ4n) is 1.30. The van der Waals surface area contributed by atoms with Gasteiger partial charge in [0, 0.05) is 10.7 Å². The van der Waals surface area contributed by atoms with E-state index < -0.39 is 10.0 Å². The van der Waals surface area contributed by atoms with Crippen LogP contribution in [0.25, 0.3) is 0 Å². The van der Waals surface area contributed by atoms with Gasteiger partial charge < -0.3 is 0 Å². The van der Waals surface area contributed by atoms with Gasteiger partial charge in [-0.1, -0.05) is 39.1 Å². The number of nitrogens with zero attached hydrogens (tertiary/aromatic N) is 1. The molecule has 19 heavy (non-hydrogen) atoms. The van der Waals surface area contributed by atoms with E-state index in [9.17, 15) is 8.42 Å². The van der Waals surface area contributed by atoms with Gasteiger partial charge in [-0.05, 0) is 30.3 Å². The molecule has 4 nitrogen and oxygen atoms in total. The lowest BCUT2D eigenvalue weighted by Gasteiger charge is -2.08. The normalized spacial score (nSPS) is 11.3. The third-order valence-corrected chi connectivity index (χ3v) is 4.75. The second-order valence-corrected chi connectivity index (χ2v) is 6.95. The molecule has 1 N–H and O–H groups in total. The van der Waals surface area contributed by atoms with Gasteiger partial charge in [-0.25, -0.2) is 13.4 Å². The minimum atomic E-state index is -3.75. The maximum absolute atomic E-state index is 12.1. The Morgan fingerprint density at radius 3 is 2.47 bits per heavy atom. The molecule has 0 fully saturated rings. The van der Waals surface area contributed by atoms with E-state index in [4.69, 9.17) is 23.2 Å². The van der Waals surface area contributed by atoms with E-state index in [1.165, 1.54) is 24.4 Å². The SMILES string of the molecule is O=S(=O)(Nc1cc(Br)ccn1)c1ccc(Cl)c(Cl)c1. The largest absolute Gasteiger partial charge is 0.263 e. The quantitative estimate of drug-likeness (QED) is 0.875. The number of benzene rings is 1. The van der Waals surface area contributed by atoms with Crippen molar-refractivity contribution in [3.63, 3.8) is 0 Å². The highest BCUT2D eigenvalue weighted by Gasteiger charge is 2.16. The Hall–Kier alpha value is -0.820. The first-order chi connectivity index (χ1) is 8.88. The maximum Gasteiger partial charge on any atom is 0.263 e. The summed E-state index contributed by atoms with van der Waals surface area (Å²) in [5.74, 6) is 0.209. The number of nitrogens with one attached hydrogen (secondary N) is 1. The molecule has 0 aliphatic carbocycles. The zero-order chi connectivity index (χ0) is 14.0. The van der Waals surface area contributed by atoms with Gasteiger partial charge >= 0.3 is 0 Å². The average Bonchev–Trinajstić information content (AvgIpc) is 2.32. The van der Waals surface area contributed by atoms with Gasteiger partial charge in [-0.15, -0.1) is 0 Å². The van der Waals surface area contributed by atoms with Crippen LogP contribution in [0.3, 0.4) is 0 Å². The summed E-state index contributed by atoms with van der Waals surface area (Å²) in [5.41, 5.74) is 0. The monoisotopic (exact) mass is 380 g/mol. The maximum atomic E-state index is 12.1. The summed E-state index contributed by atoms with van der Waals surface area (Å²) >= 11 is 14.8. The number of sulfonamides is 1. The molecule has 0 aliphatic heterocycles. The zero-order valence-electron chi connectivity index (χ0n) is 9.27. The third kappa shape index (κ3) is 3.60. The molecule has 0 saturated heterocycles. The predicted octanol–water partition coefficient (Wildman–Crippen LogP) is 3.95. The minimum Gasteiger partial charge on any atom is -0.263 e. The van der Waals surface area contributed by atoms with Crippen molar-refractivity contribution in [3.05, 3.63) is 51.0 Å². The molecule has 0 amide bonds. The van der Waals surface area contributed by atoms with E-state index in [0.717, 1.165) is 0 Å². The highest BCUT2D eigenvalue weighted by molar-refractivity contribution is 9.10. The minimum absolute atomic E-state index is 0.0173. The van der Waals surface area contributed by atoms with Gasteiger partial charge in [0.2, 0.25) is 0 Å². The molecule has 100 valence electrons. The standard InChI is InChI=1S/C11H7BrCl2N2O2S/c12-7-3-4-15-11(5-7)16-19(17,18)8-1-2-9(13)10(14)6-8/h1-6H,(H,15,16). The van der Waals surface area contributed by atoms with Crippen molar-refractivity contribution in [2.45, 2.75) is 4.90 Å². The highest BCUT2D eigenvalue weighted by Crippen LogP contribution is 2.26. The number of halogens is 3. The second kappa shape index (κ2) is 5.66. The Morgan fingerprint density at radius 1 is 1.11 bits per heavy atom. The van der Waals surface area contributed by atoms with Crippen LogP contribution in [0, 0.1) is 0 Å². The molecule has 0 spiro atoms. The fraction of sp³-hybridized carbons (Fsp3) is 0. The first-order valence-corrected chi connectivity index (χ1v) is 8.01. The molecular weight excluding hydrogens is 375 g/mol. The highest BCUT2D eigenvalue weighted by atomic mass is 79.9. The number of rotatable bonds is 3. The summed E-state index contributed by atoms with van der Waals surface area (Å²) in [4.78, 5) is 3.93. The number of anilines is 1. The smallest absolute Gasteiger partial charge is 0.263 e. The van der Waals surface area contributed by atoms with Crippen LogP contribution < -0.4 is 4.72 Å². The van der Waals surface area contributed by atoms with Crippen LogP contribution in [0.2, 0.25) is 10.0 Å². The lowest BCUT2D eigenvalue weighted by atomic mass is 10.4. The van der Waals surface area contributed by atoms with Gasteiger partial charge in [0.1, 0.15) is 5.82 Å². The van der Waals surface area contributed by atoms with E-state index in [2.05, 4.69) is 25.6 Å². The van der Waals surface area contributed by atoms with Crippen molar-refractivity contribution < 1.29 is 8.42 Å². The average molecular weight is 382 g/mol. The molecule has 0 bridgehead atoms. The molecule has 1 aromatic heterocycles. The Balaban J connectivity index is 2.35. The molecule has 0 atom stereocenters. The van der Waals surface area contributed by atoms with E-state index in [0.29, 0.717) is 9.50 Å². The van der Waals surface area contributed by atoms with Crippen LogP contribution in [0.5, 0.6) is 0 Å². The lowest BCUT2D eigenvalue weighted by Crippen LogP contribution is -2.13. The van der Waals surface area contributed by atoms with Crippen molar-refractivity contribution in [3.8, 4) is 0 Å². The van der Waals surface area contributed by atoms with Crippen LogP contribution in [0.4, 0.5) is 5.82 Å². The second-order valence-electron chi connectivity index (χ2n) is 3.54. The molecule has 2 rings (SSSR count). The van der Waals surface area contributed by atoms with Crippen molar-refractivity contribution in [2.75, 3.05) is 4.72 Å². The summed E-state index contributed by atoms with van der Waals surface area (Å²) in [6.45, 7) is 0. The van der Waals surface area contributed by atoms with Gasteiger partial charge in [-0.2, -0.15) is 0 Å². The summed E-state index contributed by atoms with van der Waals surface area (Å²) in [6, 6.07) is 7.32. The summed E-state index contributed by atoms with van der Waals surface area (Å²) < 4.78 is 27.3. The van der Waals surface area contributed by atoms with E-state index in [1.54, 1.807) is 12.1 Å². The molecule has 2 aromatic rings. The molecule has 0 unspecified atom stereocenters. The van der Waals surface area contributed by atoms with Crippen LogP contribution in [0.15, 0.2) is 45.9 Å². The molecule has 1 aromatic carbocycles. The van der Waals surface area contributed by atoms with Gasteiger partial charge in [-0.3, -0.25) is 4.72 Å². The zero-order valence-corrected chi connectivity index (χ0v) is 13.2. The van der Waals surface area contributed by atoms with Crippen molar-refractivity contribution in [2.24, 2.45) is 0 Å².